The molecule has 4 nitrogen and oxygen atoms in total. The number of benzene rings is 7. The summed E-state index contributed by atoms with van der Waals surface area (Å²) in [6, 6.07) is 53.5. The fourth-order valence-corrected chi connectivity index (χ4v) is 9.01. The summed E-state index contributed by atoms with van der Waals surface area (Å²) in [5.74, 6) is 0. The number of rotatable bonds is 7. The van der Waals surface area contributed by atoms with Gasteiger partial charge in [0.15, 0.2) is 0 Å². The molecule has 0 aliphatic heterocycles. The molecule has 0 atom stereocenters. The third-order valence-electron chi connectivity index (χ3n) is 11.6. The molecule has 7 aromatic carbocycles. The van der Waals surface area contributed by atoms with Gasteiger partial charge in [0.1, 0.15) is 5.65 Å². The SMILES string of the molecule is CCC1(CC)c2cc(/C=C/c3ccc4c(=O)n5c6ccccc6nc5c5cccc3c45)ccc2-c2ccc(N(c3ccccc3)c3ccccc3)cc21. The molecule has 1 aliphatic rings. The van der Waals surface area contributed by atoms with Crippen LogP contribution < -0.4 is 10.5 Å². The smallest absolute Gasteiger partial charge is 0.264 e. The van der Waals surface area contributed by atoms with Gasteiger partial charge in [-0.2, -0.15) is 0 Å². The normalized spacial score (nSPS) is 13.4. The van der Waals surface area contributed by atoms with Crippen LogP contribution in [0.1, 0.15) is 48.9 Å². The van der Waals surface area contributed by atoms with Gasteiger partial charge in [-0.3, -0.25) is 9.20 Å². The van der Waals surface area contributed by atoms with E-state index in [0.717, 1.165) is 68.2 Å². The minimum atomic E-state index is -0.102. The molecular formula is C49H37N3O. The van der Waals surface area contributed by atoms with Crippen molar-refractivity contribution in [2.24, 2.45) is 0 Å². The summed E-state index contributed by atoms with van der Waals surface area (Å²) in [5.41, 5.74) is 13.4. The van der Waals surface area contributed by atoms with E-state index in [1.54, 1.807) is 4.40 Å². The Labute approximate surface area is 308 Å². The molecule has 0 radical (unpaired) electrons. The largest absolute Gasteiger partial charge is 0.310 e. The zero-order valence-corrected chi connectivity index (χ0v) is 29.8. The third-order valence-corrected chi connectivity index (χ3v) is 11.6. The van der Waals surface area contributed by atoms with Crippen molar-refractivity contribution in [1.29, 1.82) is 0 Å². The molecule has 9 aromatic rings. The molecule has 0 unspecified atom stereocenters. The lowest BCUT2D eigenvalue weighted by Gasteiger charge is -2.32. The molecule has 0 bridgehead atoms. The van der Waals surface area contributed by atoms with Crippen molar-refractivity contribution in [3.63, 3.8) is 0 Å². The summed E-state index contributed by atoms with van der Waals surface area (Å²) >= 11 is 0. The zero-order valence-electron chi connectivity index (χ0n) is 29.8. The van der Waals surface area contributed by atoms with E-state index in [1.807, 2.05) is 30.3 Å². The van der Waals surface area contributed by atoms with E-state index in [9.17, 15) is 4.79 Å². The van der Waals surface area contributed by atoms with Crippen molar-refractivity contribution in [2.75, 3.05) is 4.90 Å². The minimum Gasteiger partial charge on any atom is -0.310 e. The second-order valence-corrected chi connectivity index (χ2v) is 14.2. The predicted molar refractivity (Wildman–Crippen MR) is 222 cm³/mol. The standard InChI is InChI=1S/C49H37N3O/c1-3-49(4-2)42-30-32(23-27-38(42)39-29-26-36(31-43(39)49)51(34-14-7-5-8-15-34)35-16-9-6-10-17-35)22-24-33-25-28-41-46-37(33)18-13-19-40(46)47-50-44-20-11-12-21-45(44)52(47)48(41)53/h5-31H,3-4H2,1-2H3/b24-22+. The van der Waals surface area contributed by atoms with Gasteiger partial charge in [0, 0.05) is 38.6 Å². The van der Waals surface area contributed by atoms with Crippen LogP contribution in [-0.4, -0.2) is 9.38 Å². The highest BCUT2D eigenvalue weighted by atomic mass is 16.1. The van der Waals surface area contributed by atoms with E-state index in [-0.39, 0.29) is 11.0 Å². The first kappa shape index (κ1) is 31.2. The van der Waals surface area contributed by atoms with Gasteiger partial charge in [0.25, 0.3) is 5.56 Å². The summed E-state index contributed by atoms with van der Waals surface area (Å²) in [4.78, 5) is 21.1. The second-order valence-electron chi connectivity index (χ2n) is 14.2. The highest BCUT2D eigenvalue weighted by molar-refractivity contribution is 6.17. The first-order valence-electron chi connectivity index (χ1n) is 18.6. The van der Waals surface area contributed by atoms with Crippen LogP contribution in [0.4, 0.5) is 17.1 Å². The molecule has 0 saturated carbocycles. The Morgan fingerprint density at radius 1 is 0.604 bits per heavy atom. The maximum atomic E-state index is 13.9. The van der Waals surface area contributed by atoms with Crippen LogP contribution in [0, 0.1) is 0 Å². The summed E-state index contributed by atoms with van der Waals surface area (Å²) in [6.07, 6.45) is 6.43. The van der Waals surface area contributed by atoms with Crippen LogP contribution >= 0.6 is 0 Å². The highest BCUT2D eigenvalue weighted by Gasteiger charge is 2.41. The molecule has 0 saturated heterocycles. The third kappa shape index (κ3) is 4.62. The number of aromatic nitrogens is 2. The predicted octanol–water partition coefficient (Wildman–Crippen LogP) is 12.3. The van der Waals surface area contributed by atoms with Crippen LogP contribution in [0.15, 0.2) is 156 Å². The Kier molecular flexibility index (Phi) is 7.09. The Bertz CT molecular complexity index is 2900. The van der Waals surface area contributed by atoms with Gasteiger partial charge in [0.2, 0.25) is 0 Å². The number of hydrogen-bond donors (Lipinski definition) is 0. The second kappa shape index (κ2) is 12.0. The number of para-hydroxylation sites is 4. The number of fused-ring (bicyclic) bond motifs is 7. The van der Waals surface area contributed by atoms with Gasteiger partial charge in [-0.1, -0.05) is 123 Å². The van der Waals surface area contributed by atoms with E-state index in [0.29, 0.717) is 11.0 Å². The van der Waals surface area contributed by atoms with E-state index in [1.165, 1.54) is 22.3 Å². The lowest BCUT2D eigenvalue weighted by Crippen LogP contribution is -2.23. The zero-order chi connectivity index (χ0) is 35.7. The van der Waals surface area contributed by atoms with Crippen molar-refractivity contribution in [3.05, 3.63) is 184 Å². The van der Waals surface area contributed by atoms with E-state index >= 15 is 0 Å². The summed E-state index contributed by atoms with van der Waals surface area (Å²) < 4.78 is 1.77. The van der Waals surface area contributed by atoms with Crippen molar-refractivity contribution >= 4 is 67.4 Å². The monoisotopic (exact) mass is 683 g/mol. The fourth-order valence-electron chi connectivity index (χ4n) is 9.01. The summed E-state index contributed by atoms with van der Waals surface area (Å²) in [7, 11) is 0. The van der Waals surface area contributed by atoms with Crippen LogP contribution in [0.5, 0.6) is 0 Å². The maximum absolute atomic E-state index is 13.9. The lowest BCUT2D eigenvalue weighted by atomic mass is 9.73. The highest BCUT2D eigenvalue weighted by Crippen LogP contribution is 2.54. The molecule has 0 N–H and O–H groups in total. The molecular weight excluding hydrogens is 647 g/mol. The van der Waals surface area contributed by atoms with Gasteiger partial charge in [0.05, 0.1) is 11.0 Å². The molecule has 4 heteroatoms. The van der Waals surface area contributed by atoms with Gasteiger partial charge in [-0.25, -0.2) is 4.98 Å². The summed E-state index contributed by atoms with van der Waals surface area (Å²) in [6.45, 7) is 4.66. The molecule has 1 aliphatic carbocycles. The molecule has 254 valence electrons. The Hall–Kier alpha value is -6.52. The van der Waals surface area contributed by atoms with E-state index in [2.05, 4.69) is 152 Å². The maximum Gasteiger partial charge on any atom is 0.264 e. The quantitative estimate of drug-likeness (QED) is 0.157. The number of imidazole rings is 1. The van der Waals surface area contributed by atoms with Gasteiger partial charge in [-0.05, 0) is 106 Å². The van der Waals surface area contributed by atoms with E-state index in [4.69, 9.17) is 4.98 Å². The van der Waals surface area contributed by atoms with Crippen molar-refractivity contribution in [2.45, 2.75) is 32.1 Å². The molecule has 0 spiro atoms. The topological polar surface area (TPSA) is 37.6 Å². The number of hydrogen-bond acceptors (Lipinski definition) is 3. The van der Waals surface area contributed by atoms with Gasteiger partial charge in [-0.15, -0.1) is 0 Å². The molecule has 2 heterocycles. The average Bonchev–Trinajstić information content (AvgIpc) is 3.74. The number of anilines is 3. The van der Waals surface area contributed by atoms with Crippen LogP contribution in [0.25, 0.3) is 61.5 Å². The average molecular weight is 684 g/mol. The van der Waals surface area contributed by atoms with Crippen molar-refractivity contribution < 1.29 is 0 Å². The van der Waals surface area contributed by atoms with Crippen molar-refractivity contribution in [3.8, 4) is 11.1 Å². The van der Waals surface area contributed by atoms with Crippen LogP contribution in [0.2, 0.25) is 0 Å². The minimum absolute atomic E-state index is 0.0274. The van der Waals surface area contributed by atoms with Gasteiger partial charge >= 0.3 is 0 Å². The lowest BCUT2D eigenvalue weighted by molar-refractivity contribution is 0.490. The first-order chi connectivity index (χ1) is 26.1. The molecule has 0 fully saturated rings. The Balaban J connectivity index is 1.06. The molecule has 10 rings (SSSR count). The molecule has 2 aromatic heterocycles. The summed E-state index contributed by atoms with van der Waals surface area (Å²) in [5, 5.41) is 3.74. The Morgan fingerprint density at radius 2 is 1.26 bits per heavy atom. The number of nitrogens with zero attached hydrogens (tertiary/aromatic N) is 3. The van der Waals surface area contributed by atoms with E-state index < -0.39 is 0 Å². The van der Waals surface area contributed by atoms with Crippen LogP contribution in [0.3, 0.4) is 0 Å². The van der Waals surface area contributed by atoms with Gasteiger partial charge < -0.3 is 4.90 Å². The molecule has 53 heavy (non-hydrogen) atoms. The fraction of sp³-hybridized carbons (Fsp3) is 0.102. The van der Waals surface area contributed by atoms with Crippen molar-refractivity contribution in [1.82, 2.24) is 9.38 Å². The molecule has 0 amide bonds. The van der Waals surface area contributed by atoms with Crippen LogP contribution in [-0.2, 0) is 5.41 Å². The Morgan fingerprint density at radius 3 is 2.00 bits per heavy atom. The first-order valence-corrected chi connectivity index (χ1v) is 18.6. The number of pyridine rings is 1.